The van der Waals surface area contributed by atoms with Gasteiger partial charge in [0, 0.05) is 107 Å². The summed E-state index contributed by atoms with van der Waals surface area (Å²) in [6.07, 6.45) is 9.70. The third kappa shape index (κ3) is 5.67. The number of hydrogen-bond acceptors (Lipinski definition) is 10. The van der Waals surface area contributed by atoms with Gasteiger partial charge in [0.1, 0.15) is 12.7 Å². The highest BCUT2D eigenvalue weighted by Crippen LogP contribution is 2.36. The first-order valence-corrected chi connectivity index (χ1v) is 17.1. The summed E-state index contributed by atoms with van der Waals surface area (Å²) in [5.41, 5.74) is 5.10. The normalized spacial score (nSPS) is 15.1. The number of nitrogens with zero attached hydrogens (tertiary/aromatic N) is 6. The molecule has 6 aromatic rings. The molecule has 2 aromatic heterocycles. The molecule has 12 heteroatoms. The first kappa shape index (κ1) is 32.9. The fourth-order valence-electron chi connectivity index (χ4n) is 7.26. The van der Waals surface area contributed by atoms with Crippen molar-refractivity contribution in [2.75, 3.05) is 26.2 Å². The molecule has 0 spiro atoms. The molecule has 12 nitrogen and oxygen atoms in total. The van der Waals surface area contributed by atoms with Crippen LogP contribution >= 0.6 is 0 Å². The smallest absolute Gasteiger partial charge is 0.261 e. The van der Waals surface area contributed by atoms with Crippen molar-refractivity contribution in [3.8, 4) is 22.3 Å². The largest absolute Gasteiger partial charge is 0.313 e. The Morgan fingerprint density at radius 3 is 1.31 bits per heavy atom. The lowest BCUT2D eigenvalue weighted by atomic mass is 9.90. The van der Waals surface area contributed by atoms with Crippen LogP contribution in [0.15, 0.2) is 98.1 Å². The Hall–Kier alpha value is -6.24. The lowest BCUT2D eigenvalue weighted by Gasteiger charge is -2.33. The van der Waals surface area contributed by atoms with Crippen LogP contribution in [0.3, 0.4) is 0 Å². The summed E-state index contributed by atoms with van der Waals surface area (Å²) in [7, 11) is 0. The molecule has 4 heterocycles. The first-order valence-electron chi connectivity index (χ1n) is 17.1. The van der Waals surface area contributed by atoms with Crippen molar-refractivity contribution in [1.82, 2.24) is 40.4 Å². The molecule has 2 atom stereocenters. The van der Waals surface area contributed by atoms with Gasteiger partial charge in [0.15, 0.2) is 0 Å². The van der Waals surface area contributed by atoms with Crippen LogP contribution < -0.4 is 10.6 Å². The van der Waals surface area contributed by atoms with Crippen molar-refractivity contribution < 1.29 is 19.2 Å². The summed E-state index contributed by atoms with van der Waals surface area (Å²) in [5.74, 6) is -1.33. The second-order valence-corrected chi connectivity index (χ2v) is 13.2. The average molecular weight is 691 g/mol. The van der Waals surface area contributed by atoms with Crippen LogP contribution in [0.5, 0.6) is 0 Å². The van der Waals surface area contributed by atoms with Crippen LogP contribution in [0.1, 0.15) is 55.3 Å². The van der Waals surface area contributed by atoms with Gasteiger partial charge in [-0.25, -0.2) is 19.9 Å². The Bertz CT molecular complexity index is 2230. The maximum absolute atomic E-state index is 13.8. The van der Waals surface area contributed by atoms with Crippen LogP contribution in [0.4, 0.5) is 0 Å². The molecule has 2 N–H and O–H groups in total. The van der Waals surface area contributed by atoms with E-state index in [0.29, 0.717) is 59.2 Å². The summed E-state index contributed by atoms with van der Waals surface area (Å²) < 4.78 is 0. The summed E-state index contributed by atoms with van der Waals surface area (Å²) in [6, 6.07) is 17.7. The second kappa shape index (κ2) is 13.5. The van der Waals surface area contributed by atoms with Crippen LogP contribution in [-0.2, 0) is 0 Å². The fourth-order valence-corrected chi connectivity index (χ4v) is 7.26. The second-order valence-electron chi connectivity index (χ2n) is 13.2. The molecule has 52 heavy (non-hydrogen) atoms. The molecule has 0 aliphatic carbocycles. The minimum absolute atomic E-state index is 0.322. The molecule has 258 valence electrons. The molecule has 2 aliphatic heterocycles. The van der Waals surface area contributed by atoms with Crippen LogP contribution in [0.2, 0.25) is 0 Å². The van der Waals surface area contributed by atoms with Gasteiger partial charge in [0.25, 0.3) is 23.6 Å². The number of aromatic nitrogens is 4. The molecule has 4 amide bonds. The topological polar surface area (TPSA) is 150 Å². The SMILES string of the molecule is C[C@@H](CNCCNC[C@H](C)N1C(=O)c2cccc3cc(-c4cncnc4)cc(c23)C1=O)N1C(=O)c2cccc3cc(-c4cncnc4)cc(c23)C1=O. The molecule has 4 aromatic carbocycles. The zero-order valence-corrected chi connectivity index (χ0v) is 28.5. The molecular weight excluding hydrogens is 656 g/mol. The summed E-state index contributed by atoms with van der Waals surface area (Å²) >= 11 is 0. The number of carbonyl (C=O) groups excluding carboxylic acids is 4. The number of rotatable bonds is 11. The van der Waals surface area contributed by atoms with E-state index in [2.05, 4.69) is 30.6 Å². The molecule has 0 radical (unpaired) electrons. The predicted octanol–water partition coefficient (Wildman–Crippen LogP) is 4.76. The van der Waals surface area contributed by atoms with Crippen LogP contribution in [0, 0.1) is 0 Å². The van der Waals surface area contributed by atoms with Crippen molar-refractivity contribution in [3.63, 3.8) is 0 Å². The standard InChI is InChI=1S/C40H34N8O4/c1-23(47-37(49)31-7-3-5-25-11-27(29-17-43-21-44-18-29)13-33(35(25)31)39(47)51)15-41-9-10-42-16-24(2)48-38(50)32-8-4-6-26-12-28(30-19-45-22-46-20-30)14-34(36(26)32)40(48)52/h3-8,11-14,17-24,41-42H,9-10,15-16H2,1-2H3/t23-,24-/m0/s1. The van der Waals surface area contributed by atoms with E-state index in [9.17, 15) is 19.2 Å². The Morgan fingerprint density at radius 2 is 0.904 bits per heavy atom. The lowest BCUT2D eigenvalue weighted by molar-refractivity contribution is 0.0532. The molecule has 0 bridgehead atoms. The van der Waals surface area contributed by atoms with E-state index in [-0.39, 0.29) is 23.6 Å². The number of amides is 4. The number of benzene rings is 4. The molecule has 0 saturated heterocycles. The molecule has 0 unspecified atom stereocenters. The number of imide groups is 2. The summed E-state index contributed by atoms with van der Waals surface area (Å²) in [5, 5.41) is 9.62. The quantitative estimate of drug-likeness (QED) is 0.144. The number of hydrogen-bond donors (Lipinski definition) is 2. The van der Waals surface area contributed by atoms with Gasteiger partial charge in [-0.15, -0.1) is 0 Å². The van der Waals surface area contributed by atoms with Crippen molar-refractivity contribution >= 4 is 45.2 Å². The van der Waals surface area contributed by atoms with Gasteiger partial charge in [-0.1, -0.05) is 24.3 Å². The summed E-state index contributed by atoms with van der Waals surface area (Å²) in [4.78, 5) is 74.1. The van der Waals surface area contributed by atoms with Crippen molar-refractivity contribution in [2.24, 2.45) is 0 Å². The van der Waals surface area contributed by atoms with E-state index in [1.165, 1.54) is 22.5 Å². The summed E-state index contributed by atoms with van der Waals surface area (Å²) in [6.45, 7) is 5.52. The number of nitrogens with one attached hydrogen (secondary N) is 2. The molecular formula is C40H34N8O4. The van der Waals surface area contributed by atoms with Crippen molar-refractivity contribution in [3.05, 3.63) is 120 Å². The fraction of sp³-hybridized carbons (Fsp3) is 0.200. The molecule has 2 aliphatic rings. The Balaban J connectivity index is 0.898. The van der Waals surface area contributed by atoms with E-state index in [0.717, 1.165) is 33.0 Å². The Labute approximate surface area is 298 Å². The minimum Gasteiger partial charge on any atom is -0.313 e. The van der Waals surface area contributed by atoms with E-state index >= 15 is 0 Å². The third-order valence-electron chi connectivity index (χ3n) is 9.78. The lowest BCUT2D eigenvalue weighted by Crippen LogP contribution is -2.51. The maximum Gasteiger partial charge on any atom is 0.261 e. The Kier molecular flexibility index (Phi) is 8.53. The van der Waals surface area contributed by atoms with E-state index < -0.39 is 12.1 Å². The average Bonchev–Trinajstić information content (AvgIpc) is 3.17. The molecule has 8 rings (SSSR count). The van der Waals surface area contributed by atoms with E-state index in [4.69, 9.17) is 0 Å². The van der Waals surface area contributed by atoms with E-state index in [1.54, 1.807) is 36.9 Å². The van der Waals surface area contributed by atoms with Crippen LogP contribution in [-0.4, -0.2) is 91.6 Å². The first-order chi connectivity index (χ1) is 25.3. The van der Waals surface area contributed by atoms with Gasteiger partial charge in [-0.3, -0.25) is 29.0 Å². The van der Waals surface area contributed by atoms with Gasteiger partial charge in [-0.05, 0) is 72.1 Å². The van der Waals surface area contributed by atoms with Gasteiger partial charge in [0.2, 0.25) is 0 Å². The monoisotopic (exact) mass is 690 g/mol. The van der Waals surface area contributed by atoms with Crippen molar-refractivity contribution in [1.29, 1.82) is 0 Å². The maximum atomic E-state index is 13.8. The van der Waals surface area contributed by atoms with Crippen molar-refractivity contribution in [2.45, 2.75) is 25.9 Å². The van der Waals surface area contributed by atoms with E-state index in [1.807, 2.05) is 62.4 Å². The predicted molar refractivity (Wildman–Crippen MR) is 196 cm³/mol. The highest BCUT2D eigenvalue weighted by Gasteiger charge is 2.37. The highest BCUT2D eigenvalue weighted by molar-refractivity contribution is 6.27. The van der Waals surface area contributed by atoms with Gasteiger partial charge in [0.05, 0.1) is 0 Å². The zero-order valence-electron chi connectivity index (χ0n) is 28.5. The van der Waals surface area contributed by atoms with Crippen LogP contribution in [0.25, 0.3) is 43.8 Å². The van der Waals surface area contributed by atoms with Gasteiger partial charge < -0.3 is 10.6 Å². The van der Waals surface area contributed by atoms with Gasteiger partial charge >= 0.3 is 0 Å². The third-order valence-corrected chi connectivity index (χ3v) is 9.78. The Morgan fingerprint density at radius 1 is 0.519 bits per heavy atom. The van der Waals surface area contributed by atoms with Gasteiger partial charge in [-0.2, -0.15) is 0 Å². The number of carbonyl (C=O) groups is 4. The minimum atomic E-state index is -0.426. The molecule has 0 fully saturated rings. The molecule has 0 saturated carbocycles. The zero-order chi connectivity index (χ0) is 35.9. The highest BCUT2D eigenvalue weighted by atomic mass is 16.2.